The van der Waals surface area contributed by atoms with Gasteiger partial charge in [0.2, 0.25) is 0 Å². The van der Waals surface area contributed by atoms with Crippen molar-refractivity contribution >= 4 is 17.3 Å². The van der Waals surface area contributed by atoms with E-state index < -0.39 is 17.0 Å². The molecule has 0 aliphatic carbocycles. The number of aromatic hydroxyl groups is 1. The van der Waals surface area contributed by atoms with E-state index in [1.807, 2.05) is 11.9 Å². The molecular formula is C15H14ClF2NO. The molecule has 106 valence electrons. The van der Waals surface area contributed by atoms with Gasteiger partial charge in [-0.3, -0.25) is 0 Å². The quantitative estimate of drug-likeness (QED) is 0.859. The topological polar surface area (TPSA) is 23.5 Å². The third-order valence-electron chi connectivity index (χ3n) is 3.03. The summed E-state index contributed by atoms with van der Waals surface area (Å²) in [6.07, 6.45) is 0. The Hall–Kier alpha value is -1.81. The van der Waals surface area contributed by atoms with Crippen LogP contribution in [0.2, 0.25) is 0 Å². The molecule has 2 aromatic carbocycles. The highest BCUT2D eigenvalue weighted by Crippen LogP contribution is 2.26. The van der Waals surface area contributed by atoms with Gasteiger partial charge in [0.25, 0.3) is 0 Å². The molecule has 20 heavy (non-hydrogen) atoms. The van der Waals surface area contributed by atoms with Gasteiger partial charge in [-0.15, -0.1) is 11.6 Å². The second kappa shape index (κ2) is 6.09. The molecule has 0 saturated heterocycles. The average molecular weight is 298 g/mol. The van der Waals surface area contributed by atoms with Crippen LogP contribution in [0.3, 0.4) is 0 Å². The second-order valence-electron chi connectivity index (χ2n) is 4.54. The van der Waals surface area contributed by atoms with Crippen LogP contribution in [0.4, 0.5) is 14.5 Å². The number of benzene rings is 2. The lowest BCUT2D eigenvalue weighted by Gasteiger charge is -2.22. The molecule has 5 heteroatoms. The minimum atomic E-state index is -0.902. The van der Waals surface area contributed by atoms with Crippen LogP contribution in [0.1, 0.15) is 10.9 Å². The summed E-state index contributed by atoms with van der Waals surface area (Å²) in [5, 5.41) is 8.76. The highest BCUT2D eigenvalue weighted by Gasteiger charge is 2.14. The lowest BCUT2D eigenvalue weighted by molar-refractivity contribution is 0.475. The van der Waals surface area contributed by atoms with E-state index in [1.54, 1.807) is 24.3 Å². The molecular weight excluding hydrogens is 284 g/mol. The lowest BCUT2D eigenvalue weighted by Crippen LogP contribution is -2.21. The van der Waals surface area contributed by atoms with Crippen molar-refractivity contribution in [2.75, 3.05) is 18.5 Å². The SMILES string of the molecule is CN(CC(Cl)c1ccc(F)c(F)c1)c1ccc(O)cc1. The number of rotatable bonds is 4. The van der Waals surface area contributed by atoms with Crippen molar-refractivity contribution in [2.24, 2.45) is 0 Å². The highest BCUT2D eigenvalue weighted by atomic mass is 35.5. The number of halogens is 3. The molecule has 0 aliphatic heterocycles. The van der Waals surface area contributed by atoms with Gasteiger partial charge in [0.1, 0.15) is 5.75 Å². The van der Waals surface area contributed by atoms with Crippen molar-refractivity contribution in [1.29, 1.82) is 0 Å². The zero-order valence-electron chi connectivity index (χ0n) is 10.9. The van der Waals surface area contributed by atoms with Crippen LogP contribution in [0.5, 0.6) is 5.75 Å². The van der Waals surface area contributed by atoms with Gasteiger partial charge >= 0.3 is 0 Å². The molecule has 0 fully saturated rings. The molecule has 0 spiro atoms. The molecule has 0 radical (unpaired) electrons. The zero-order chi connectivity index (χ0) is 14.7. The first kappa shape index (κ1) is 14.6. The summed E-state index contributed by atoms with van der Waals surface area (Å²) in [5.74, 6) is -1.60. The van der Waals surface area contributed by atoms with Crippen LogP contribution < -0.4 is 4.90 Å². The number of nitrogens with zero attached hydrogens (tertiary/aromatic N) is 1. The molecule has 0 heterocycles. The number of anilines is 1. The van der Waals surface area contributed by atoms with Gasteiger partial charge in [0, 0.05) is 19.3 Å². The van der Waals surface area contributed by atoms with Crippen molar-refractivity contribution in [1.82, 2.24) is 0 Å². The molecule has 2 nitrogen and oxygen atoms in total. The van der Waals surface area contributed by atoms with Crippen LogP contribution >= 0.6 is 11.6 Å². The van der Waals surface area contributed by atoms with E-state index in [4.69, 9.17) is 11.6 Å². The van der Waals surface area contributed by atoms with E-state index in [0.29, 0.717) is 12.1 Å². The summed E-state index contributed by atoms with van der Waals surface area (Å²) in [7, 11) is 1.83. The number of hydrogen-bond donors (Lipinski definition) is 1. The lowest BCUT2D eigenvalue weighted by atomic mass is 10.1. The van der Waals surface area contributed by atoms with Crippen LogP contribution in [-0.4, -0.2) is 18.7 Å². The van der Waals surface area contributed by atoms with Gasteiger partial charge in [-0.25, -0.2) is 8.78 Å². The largest absolute Gasteiger partial charge is 0.508 e. The smallest absolute Gasteiger partial charge is 0.159 e. The highest BCUT2D eigenvalue weighted by molar-refractivity contribution is 6.21. The second-order valence-corrected chi connectivity index (χ2v) is 5.06. The summed E-state index contributed by atoms with van der Waals surface area (Å²) in [4.78, 5) is 1.87. The maximum Gasteiger partial charge on any atom is 0.159 e. The molecule has 0 bridgehead atoms. The third kappa shape index (κ3) is 3.39. The Bertz CT molecular complexity index is 589. The van der Waals surface area contributed by atoms with Gasteiger partial charge < -0.3 is 10.0 Å². The predicted octanol–water partition coefficient (Wildman–Crippen LogP) is 4.09. The maximum atomic E-state index is 13.2. The van der Waals surface area contributed by atoms with Crippen molar-refractivity contribution in [3.63, 3.8) is 0 Å². The first-order chi connectivity index (χ1) is 9.47. The molecule has 0 saturated carbocycles. The molecule has 1 unspecified atom stereocenters. The number of phenolic OH excluding ortho intramolecular Hbond substituents is 1. The molecule has 0 amide bonds. The fraction of sp³-hybridized carbons (Fsp3) is 0.200. The molecule has 1 N–H and O–H groups in total. The molecule has 0 aliphatic rings. The first-order valence-electron chi connectivity index (χ1n) is 6.06. The molecule has 1 atom stereocenters. The van der Waals surface area contributed by atoms with Crippen LogP contribution in [-0.2, 0) is 0 Å². The Kier molecular flexibility index (Phi) is 4.45. The van der Waals surface area contributed by atoms with Gasteiger partial charge in [-0.2, -0.15) is 0 Å². The van der Waals surface area contributed by atoms with E-state index in [9.17, 15) is 13.9 Å². The summed E-state index contributed by atoms with van der Waals surface area (Å²) in [5.41, 5.74) is 1.40. The standard InChI is InChI=1S/C15H14ClF2NO/c1-19(11-3-5-12(20)6-4-11)9-13(16)10-2-7-14(17)15(18)8-10/h2-8,13,20H,9H2,1H3. The Morgan fingerprint density at radius 1 is 1.10 bits per heavy atom. The number of alkyl halides is 1. The molecule has 0 aromatic heterocycles. The Morgan fingerprint density at radius 2 is 1.75 bits per heavy atom. The average Bonchev–Trinajstić information content (AvgIpc) is 2.42. The summed E-state index contributed by atoms with van der Waals surface area (Å²) in [6.45, 7) is 0.428. The Morgan fingerprint density at radius 3 is 2.35 bits per heavy atom. The summed E-state index contributed by atoms with van der Waals surface area (Å²) >= 11 is 6.23. The van der Waals surface area contributed by atoms with Gasteiger partial charge in [-0.05, 0) is 42.0 Å². The predicted molar refractivity (Wildman–Crippen MR) is 76.3 cm³/mol. The Labute approximate surface area is 121 Å². The number of likely N-dealkylation sites (N-methyl/N-ethyl adjacent to an activating group) is 1. The van der Waals surface area contributed by atoms with E-state index in [1.165, 1.54) is 6.07 Å². The van der Waals surface area contributed by atoms with Crippen molar-refractivity contribution < 1.29 is 13.9 Å². The van der Waals surface area contributed by atoms with E-state index in [0.717, 1.165) is 17.8 Å². The minimum absolute atomic E-state index is 0.185. The normalized spacial score (nSPS) is 12.2. The zero-order valence-corrected chi connectivity index (χ0v) is 11.6. The monoisotopic (exact) mass is 297 g/mol. The van der Waals surface area contributed by atoms with E-state index in [-0.39, 0.29) is 5.75 Å². The fourth-order valence-electron chi connectivity index (χ4n) is 1.87. The number of hydrogen-bond acceptors (Lipinski definition) is 2. The Balaban J connectivity index is 2.08. The van der Waals surface area contributed by atoms with Crippen LogP contribution in [0.15, 0.2) is 42.5 Å². The van der Waals surface area contributed by atoms with Gasteiger partial charge in [0.15, 0.2) is 11.6 Å². The summed E-state index contributed by atoms with van der Waals surface area (Å²) < 4.78 is 26.0. The van der Waals surface area contributed by atoms with Crippen molar-refractivity contribution in [3.8, 4) is 5.75 Å². The molecule has 2 aromatic rings. The first-order valence-corrected chi connectivity index (χ1v) is 6.50. The van der Waals surface area contributed by atoms with E-state index in [2.05, 4.69) is 0 Å². The fourth-order valence-corrected chi connectivity index (χ4v) is 2.21. The van der Waals surface area contributed by atoms with Crippen LogP contribution in [0, 0.1) is 11.6 Å². The minimum Gasteiger partial charge on any atom is -0.508 e. The summed E-state index contributed by atoms with van der Waals surface area (Å²) in [6, 6.07) is 10.3. The van der Waals surface area contributed by atoms with E-state index >= 15 is 0 Å². The van der Waals surface area contributed by atoms with Crippen LogP contribution in [0.25, 0.3) is 0 Å². The van der Waals surface area contributed by atoms with Gasteiger partial charge in [0.05, 0.1) is 5.38 Å². The van der Waals surface area contributed by atoms with Crippen molar-refractivity contribution in [2.45, 2.75) is 5.38 Å². The third-order valence-corrected chi connectivity index (χ3v) is 3.42. The number of phenols is 1. The van der Waals surface area contributed by atoms with Crippen molar-refractivity contribution in [3.05, 3.63) is 59.7 Å². The molecule has 2 rings (SSSR count). The van der Waals surface area contributed by atoms with Gasteiger partial charge in [-0.1, -0.05) is 6.07 Å². The maximum absolute atomic E-state index is 13.2.